The van der Waals surface area contributed by atoms with E-state index in [1.807, 2.05) is 0 Å². The molecule has 20 heavy (non-hydrogen) atoms. The molecular weight excluding hydrogens is 277 g/mol. The van der Waals surface area contributed by atoms with E-state index in [9.17, 15) is 22.8 Å². The van der Waals surface area contributed by atoms with E-state index in [4.69, 9.17) is 0 Å². The lowest BCUT2D eigenvalue weighted by molar-refractivity contribution is -0.324. The Kier molecular flexibility index (Phi) is 3.95. The zero-order valence-corrected chi connectivity index (χ0v) is 11.1. The number of rotatable bonds is 4. The predicted octanol–water partition coefficient (Wildman–Crippen LogP) is 1.04. The van der Waals surface area contributed by atoms with Gasteiger partial charge in [-0.15, -0.1) is 13.2 Å². The van der Waals surface area contributed by atoms with E-state index in [-0.39, 0.29) is 37.2 Å². The van der Waals surface area contributed by atoms with Crippen LogP contribution in [0.4, 0.5) is 13.2 Å². The molecule has 1 saturated heterocycles. The number of hydrogen-bond acceptors (Lipinski definition) is 3. The molecule has 1 heterocycles. The van der Waals surface area contributed by atoms with E-state index < -0.39 is 18.5 Å². The van der Waals surface area contributed by atoms with Crippen LogP contribution in [0.1, 0.15) is 26.2 Å². The van der Waals surface area contributed by atoms with Crippen molar-refractivity contribution in [2.75, 3.05) is 19.7 Å². The molecule has 0 aromatic rings. The molecule has 1 aliphatic carbocycles. The third kappa shape index (κ3) is 3.41. The van der Waals surface area contributed by atoms with Gasteiger partial charge in [-0.25, -0.2) is 0 Å². The average molecular weight is 294 g/mol. The van der Waals surface area contributed by atoms with Crippen LogP contribution >= 0.6 is 0 Å². The maximum absolute atomic E-state index is 12.4. The van der Waals surface area contributed by atoms with Gasteiger partial charge in [0, 0.05) is 19.5 Å². The molecule has 1 N–H and O–H groups in total. The predicted molar refractivity (Wildman–Crippen MR) is 62.5 cm³/mol. The van der Waals surface area contributed by atoms with Crippen LogP contribution in [0.15, 0.2) is 0 Å². The summed E-state index contributed by atoms with van der Waals surface area (Å²) in [7, 11) is 0. The Morgan fingerprint density at radius 1 is 1.40 bits per heavy atom. The maximum atomic E-state index is 12.4. The first kappa shape index (κ1) is 15.1. The van der Waals surface area contributed by atoms with Crippen molar-refractivity contribution in [1.82, 2.24) is 10.2 Å². The number of alkyl halides is 3. The Hall–Kier alpha value is -1.31. The molecule has 1 atom stereocenters. The van der Waals surface area contributed by atoms with Crippen molar-refractivity contribution < 1.29 is 27.5 Å². The van der Waals surface area contributed by atoms with E-state index >= 15 is 0 Å². The van der Waals surface area contributed by atoms with Gasteiger partial charge in [0.05, 0.1) is 6.61 Å². The van der Waals surface area contributed by atoms with Gasteiger partial charge in [-0.1, -0.05) is 0 Å². The molecule has 2 amide bonds. The summed E-state index contributed by atoms with van der Waals surface area (Å²) in [5.41, 5.74) is -0.994. The van der Waals surface area contributed by atoms with Crippen molar-refractivity contribution in [3.05, 3.63) is 0 Å². The van der Waals surface area contributed by atoms with Crippen LogP contribution < -0.4 is 5.32 Å². The molecule has 8 heteroatoms. The van der Waals surface area contributed by atoms with Gasteiger partial charge >= 0.3 is 6.36 Å². The fourth-order valence-electron chi connectivity index (χ4n) is 2.49. The van der Waals surface area contributed by atoms with Gasteiger partial charge in [0.25, 0.3) is 0 Å². The lowest BCUT2D eigenvalue weighted by atomic mass is 9.94. The summed E-state index contributed by atoms with van der Waals surface area (Å²) >= 11 is 0. The zero-order valence-electron chi connectivity index (χ0n) is 11.1. The summed E-state index contributed by atoms with van der Waals surface area (Å²) in [6.07, 6.45) is -2.92. The topological polar surface area (TPSA) is 58.6 Å². The van der Waals surface area contributed by atoms with E-state index in [1.165, 1.54) is 4.90 Å². The first-order valence-corrected chi connectivity index (χ1v) is 6.53. The number of nitrogens with one attached hydrogen (secondary N) is 1. The molecular formula is C12H17F3N2O3. The Bertz CT molecular complexity index is 409. The van der Waals surface area contributed by atoms with Gasteiger partial charge in [-0.2, -0.15) is 0 Å². The molecule has 5 nitrogen and oxygen atoms in total. The minimum Gasteiger partial charge on any atom is -0.342 e. The molecule has 0 aromatic heterocycles. The monoisotopic (exact) mass is 294 g/mol. The minimum atomic E-state index is -4.71. The summed E-state index contributed by atoms with van der Waals surface area (Å²) in [5, 5.41) is 2.71. The Labute approximate surface area is 114 Å². The number of halogens is 3. The number of carbonyl (C=O) groups excluding carboxylic acids is 2. The zero-order chi connectivity index (χ0) is 15.0. The molecule has 0 aromatic carbocycles. The second kappa shape index (κ2) is 5.23. The highest BCUT2D eigenvalue weighted by atomic mass is 19.4. The van der Waals surface area contributed by atoms with Crippen molar-refractivity contribution in [1.29, 1.82) is 0 Å². The number of ether oxygens (including phenoxy) is 1. The van der Waals surface area contributed by atoms with Crippen molar-refractivity contribution in [2.45, 2.75) is 38.1 Å². The number of amides is 2. The second-order valence-corrected chi connectivity index (χ2v) is 5.36. The van der Waals surface area contributed by atoms with E-state index in [1.54, 1.807) is 6.92 Å². The normalized spacial score (nSPS) is 28.3. The van der Waals surface area contributed by atoms with Crippen molar-refractivity contribution in [2.24, 2.45) is 5.92 Å². The van der Waals surface area contributed by atoms with Gasteiger partial charge < -0.3 is 10.2 Å². The van der Waals surface area contributed by atoms with Crippen LogP contribution in [0, 0.1) is 5.92 Å². The van der Waals surface area contributed by atoms with Crippen LogP contribution in [0.25, 0.3) is 0 Å². The number of carbonyl (C=O) groups is 2. The molecule has 2 fully saturated rings. The molecule has 1 unspecified atom stereocenters. The van der Waals surface area contributed by atoms with Crippen molar-refractivity contribution in [3.63, 3.8) is 0 Å². The number of hydrogen-bond donors (Lipinski definition) is 1. The Balaban J connectivity index is 2.01. The van der Waals surface area contributed by atoms with E-state index in [0.29, 0.717) is 0 Å². The fourth-order valence-corrected chi connectivity index (χ4v) is 2.49. The molecule has 0 spiro atoms. The van der Waals surface area contributed by atoms with Gasteiger partial charge in [-0.3, -0.25) is 14.3 Å². The van der Waals surface area contributed by atoms with Crippen LogP contribution in [0.2, 0.25) is 0 Å². The first-order valence-electron chi connectivity index (χ1n) is 6.53. The Morgan fingerprint density at radius 3 is 2.60 bits per heavy atom. The molecule has 1 aliphatic heterocycles. The van der Waals surface area contributed by atoms with Gasteiger partial charge in [-0.05, 0) is 25.7 Å². The standard InChI is InChI=1S/C12H17F3N2O3/c1-11(8-2-3-8)10(19)17(5-4-9(18)16-11)6-7-20-12(13,14)15/h8H,2-7H2,1H3,(H,16,18). The van der Waals surface area contributed by atoms with Crippen LogP contribution in [0.3, 0.4) is 0 Å². The molecule has 114 valence electrons. The van der Waals surface area contributed by atoms with Crippen LogP contribution in [-0.2, 0) is 14.3 Å². The van der Waals surface area contributed by atoms with Gasteiger partial charge in [0.1, 0.15) is 5.54 Å². The SMILES string of the molecule is CC1(C2CC2)NC(=O)CCN(CCOC(F)(F)F)C1=O. The minimum absolute atomic E-state index is 0.0723. The highest BCUT2D eigenvalue weighted by Gasteiger charge is 2.51. The molecule has 1 saturated carbocycles. The van der Waals surface area contributed by atoms with E-state index in [2.05, 4.69) is 10.1 Å². The Morgan fingerprint density at radius 2 is 2.05 bits per heavy atom. The summed E-state index contributed by atoms with van der Waals surface area (Å²) in [4.78, 5) is 25.4. The molecule has 0 radical (unpaired) electrons. The highest BCUT2D eigenvalue weighted by Crippen LogP contribution is 2.41. The third-order valence-electron chi connectivity index (χ3n) is 3.76. The summed E-state index contributed by atoms with van der Waals surface area (Å²) in [6.45, 7) is 0.974. The summed E-state index contributed by atoms with van der Waals surface area (Å²) in [5.74, 6) is -0.494. The van der Waals surface area contributed by atoms with E-state index in [0.717, 1.165) is 12.8 Å². The smallest absolute Gasteiger partial charge is 0.342 e. The molecule has 2 aliphatic rings. The second-order valence-electron chi connectivity index (χ2n) is 5.36. The van der Waals surface area contributed by atoms with Gasteiger partial charge in [0.15, 0.2) is 0 Å². The first-order chi connectivity index (χ1) is 9.22. The quantitative estimate of drug-likeness (QED) is 0.843. The summed E-state index contributed by atoms with van der Waals surface area (Å²) in [6, 6.07) is 0. The third-order valence-corrected chi connectivity index (χ3v) is 3.76. The van der Waals surface area contributed by atoms with Crippen molar-refractivity contribution >= 4 is 11.8 Å². The maximum Gasteiger partial charge on any atom is 0.522 e. The van der Waals surface area contributed by atoms with Gasteiger partial charge in [0.2, 0.25) is 11.8 Å². The van der Waals surface area contributed by atoms with Crippen molar-refractivity contribution in [3.8, 4) is 0 Å². The lowest BCUT2D eigenvalue weighted by Crippen LogP contribution is -2.57. The van der Waals surface area contributed by atoms with Crippen LogP contribution in [0.5, 0.6) is 0 Å². The molecule has 0 bridgehead atoms. The lowest BCUT2D eigenvalue weighted by Gasteiger charge is -2.32. The molecule has 2 rings (SSSR count). The van der Waals surface area contributed by atoms with Crippen LogP contribution in [-0.4, -0.2) is 48.3 Å². The summed E-state index contributed by atoms with van der Waals surface area (Å²) < 4.78 is 39.5. The largest absolute Gasteiger partial charge is 0.522 e. The number of nitrogens with zero attached hydrogens (tertiary/aromatic N) is 1. The fraction of sp³-hybridized carbons (Fsp3) is 0.833. The average Bonchev–Trinajstić information content (AvgIpc) is 3.14. The highest BCUT2D eigenvalue weighted by molar-refractivity contribution is 5.93.